The second kappa shape index (κ2) is 6.89. The minimum absolute atomic E-state index is 0.0379. The number of nitrogens with zero attached hydrogens (tertiary/aromatic N) is 1. The van der Waals surface area contributed by atoms with E-state index < -0.39 is 0 Å². The van der Waals surface area contributed by atoms with E-state index in [0.717, 1.165) is 28.6 Å². The molecular weight excluding hydrogens is 288 g/mol. The summed E-state index contributed by atoms with van der Waals surface area (Å²) in [4.78, 5) is 4.43. The SMILES string of the molecule is COCCNC(c1ccc2c(c1)OCCO2)c1nccs1. The van der Waals surface area contributed by atoms with Crippen LogP contribution in [0.4, 0.5) is 0 Å². The fourth-order valence-corrected chi connectivity index (χ4v) is 3.01. The molecule has 0 fully saturated rings. The Bertz CT molecular complexity index is 574. The van der Waals surface area contributed by atoms with Crippen molar-refractivity contribution in [1.82, 2.24) is 10.3 Å². The molecular formula is C15H18N2O3S. The quantitative estimate of drug-likeness (QED) is 0.830. The second-order valence-electron chi connectivity index (χ2n) is 4.65. The van der Waals surface area contributed by atoms with Crippen LogP contribution in [0.5, 0.6) is 11.5 Å². The van der Waals surface area contributed by atoms with Crippen molar-refractivity contribution in [1.29, 1.82) is 0 Å². The maximum atomic E-state index is 5.66. The Labute approximate surface area is 127 Å². The van der Waals surface area contributed by atoms with E-state index in [1.807, 2.05) is 23.7 Å². The lowest BCUT2D eigenvalue weighted by Gasteiger charge is -2.22. The lowest BCUT2D eigenvalue weighted by molar-refractivity contribution is 0.171. The van der Waals surface area contributed by atoms with Crippen LogP contribution < -0.4 is 14.8 Å². The van der Waals surface area contributed by atoms with E-state index in [1.54, 1.807) is 18.4 Å². The van der Waals surface area contributed by atoms with Crippen molar-refractivity contribution in [3.8, 4) is 11.5 Å². The van der Waals surface area contributed by atoms with Gasteiger partial charge >= 0.3 is 0 Å². The van der Waals surface area contributed by atoms with E-state index in [0.29, 0.717) is 19.8 Å². The smallest absolute Gasteiger partial charge is 0.161 e. The van der Waals surface area contributed by atoms with E-state index in [-0.39, 0.29) is 6.04 Å². The Morgan fingerprint density at radius 1 is 1.33 bits per heavy atom. The van der Waals surface area contributed by atoms with Crippen LogP contribution >= 0.6 is 11.3 Å². The summed E-state index contributed by atoms with van der Waals surface area (Å²) in [6.45, 7) is 2.62. The zero-order valence-electron chi connectivity index (χ0n) is 11.9. The van der Waals surface area contributed by atoms with Gasteiger partial charge in [-0.1, -0.05) is 6.07 Å². The minimum atomic E-state index is 0.0379. The van der Waals surface area contributed by atoms with Gasteiger partial charge in [-0.05, 0) is 17.7 Å². The van der Waals surface area contributed by atoms with E-state index >= 15 is 0 Å². The molecule has 0 saturated carbocycles. The first-order valence-corrected chi connectivity index (χ1v) is 7.77. The number of ether oxygens (including phenoxy) is 3. The minimum Gasteiger partial charge on any atom is -0.486 e. The van der Waals surface area contributed by atoms with Gasteiger partial charge in [0.15, 0.2) is 11.5 Å². The molecule has 0 radical (unpaired) electrons. The number of hydrogen-bond donors (Lipinski definition) is 1. The molecule has 2 heterocycles. The van der Waals surface area contributed by atoms with Crippen LogP contribution in [0.1, 0.15) is 16.6 Å². The molecule has 1 aromatic heterocycles. The highest BCUT2D eigenvalue weighted by Crippen LogP contribution is 2.34. The number of methoxy groups -OCH3 is 1. The molecule has 2 aromatic rings. The van der Waals surface area contributed by atoms with Gasteiger partial charge in [0.2, 0.25) is 0 Å². The summed E-state index contributed by atoms with van der Waals surface area (Å²) in [5, 5.41) is 6.49. The maximum absolute atomic E-state index is 5.66. The Morgan fingerprint density at radius 2 is 2.19 bits per heavy atom. The maximum Gasteiger partial charge on any atom is 0.161 e. The normalized spacial score (nSPS) is 14.9. The topological polar surface area (TPSA) is 52.6 Å². The van der Waals surface area contributed by atoms with Crippen molar-refractivity contribution in [3.63, 3.8) is 0 Å². The molecule has 1 N–H and O–H groups in total. The average molecular weight is 306 g/mol. The lowest BCUT2D eigenvalue weighted by atomic mass is 10.1. The van der Waals surface area contributed by atoms with Crippen molar-refractivity contribution in [2.24, 2.45) is 0 Å². The summed E-state index contributed by atoms with van der Waals surface area (Å²) >= 11 is 1.63. The summed E-state index contributed by atoms with van der Waals surface area (Å²) in [6, 6.07) is 6.08. The van der Waals surface area contributed by atoms with Crippen molar-refractivity contribution in [2.45, 2.75) is 6.04 Å². The van der Waals surface area contributed by atoms with Crippen molar-refractivity contribution >= 4 is 11.3 Å². The van der Waals surface area contributed by atoms with Crippen LogP contribution in [0.25, 0.3) is 0 Å². The first-order valence-electron chi connectivity index (χ1n) is 6.90. The summed E-state index contributed by atoms with van der Waals surface area (Å²) in [5.74, 6) is 1.61. The largest absolute Gasteiger partial charge is 0.486 e. The van der Waals surface area contributed by atoms with Crippen molar-refractivity contribution in [2.75, 3.05) is 33.5 Å². The van der Waals surface area contributed by atoms with Gasteiger partial charge in [0.05, 0.1) is 12.6 Å². The molecule has 1 atom stereocenters. The zero-order valence-corrected chi connectivity index (χ0v) is 12.7. The second-order valence-corrected chi connectivity index (χ2v) is 5.58. The van der Waals surface area contributed by atoms with Crippen molar-refractivity contribution in [3.05, 3.63) is 40.3 Å². The van der Waals surface area contributed by atoms with Gasteiger partial charge in [-0.15, -0.1) is 11.3 Å². The molecule has 0 bridgehead atoms. The molecule has 0 amide bonds. The van der Waals surface area contributed by atoms with Crippen LogP contribution in [-0.4, -0.2) is 38.5 Å². The molecule has 21 heavy (non-hydrogen) atoms. The molecule has 1 aromatic carbocycles. The Morgan fingerprint density at radius 3 is 2.95 bits per heavy atom. The van der Waals surface area contributed by atoms with Gasteiger partial charge in [-0.25, -0.2) is 4.98 Å². The number of benzene rings is 1. The zero-order chi connectivity index (χ0) is 14.5. The van der Waals surface area contributed by atoms with Gasteiger partial charge in [0, 0.05) is 25.2 Å². The van der Waals surface area contributed by atoms with Gasteiger partial charge < -0.3 is 19.5 Å². The number of hydrogen-bond acceptors (Lipinski definition) is 6. The van der Waals surface area contributed by atoms with Crippen LogP contribution in [0.3, 0.4) is 0 Å². The number of aromatic nitrogens is 1. The molecule has 0 saturated heterocycles. The molecule has 112 valence electrons. The van der Waals surface area contributed by atoms with Gasteiger partial charge in [-0.3, -0.25) is 0 Å². The monoisotopic (exact) mass is 306 g/mol. The predicted molar refractivity (Wildman–Crippen MR) is 81.3 cm³/mol. The Hall–Kier alpha value is -1.63. The molecule has 3 rings (SSSR count). The molecule has 0 aliphatic carbocycles. The van der Waals surface area contributed by atoms with E-state index in [9.17, 15) is 0 Å². The average Bonchev–Trinajstić information content (AvgIpc) is 3.05. The number of thiazole rings is 1. The third-order valence-corrected chi connectivity index (χ3v) is 4.09. The molecule has 1 aliphatic heterocycles. The highest BCUT2D eigenvalue weighted by Gasteiger charge is 2.19. The van der Waals surface area contributed by atoms with Crippen LogP contribution in [0.15, 0.2) is 29.8 Å². The van der Waals surface area contributed by atoms with Crippen LogP contribution in [-0.2, 0) is 4.74 Å². The first kappa shape index (κ1) is 14.3. The fourth-order valence-electron chi connectivity index (χ4n) is 2.27. The highest BCUT2D eigenvalue weighted by atomic mass is 32.1. The number of nitrogens with one attached hydrogen (secondary N) is 1. The molecule has 0 spiro atoms. The van der Waals surface area contributed by atoms with Gasteiger partial charge in [-0.2, -0.15) is 0 Å². The van der Waals surface area contributed by atoms with E-state index in [2.05, 4.69) is 16.4 Å². The predicted octanol–water partition coefficient (Wildman–Crippen LogP) is 2.24. The Kier molecular flexibility index (Phi) is 4.69. The lowest BCUT2D eigenvalue weighted by Crippen LogP contribution is -2.26. The third-order valence-electron chi connectivity index (χ3n) is 3.25. The standard InChI is InChI=1S/C15H18N2O3S/c1-18-6-4-16-14(15-17-5-9-21-15)11-2-3-12-13(10-11)20-8-7-19-12/h2-3,5,9-10,14,16H,4,6-8H2,1H3. The van der Waals surface area contributed by atoms with Gasteiger partial charge in [0.25, 0.3) is 0 Å². The number of rotatable bonds is 6. The summed E-state index contributed by atoms with van der Waals surface area (Å²) < 4.78 is 16.3. The van der Waals surface area contributed by atoms with Crippen LogP contribution in [0.2, 0.25) is 0 Å². The molecule has 1 aliphatic rings. The highest BCUT2D eigenvalue weighted by molar-refractivity contribution is 7.09. The summed E-state index contributed by atoms with van der Waals surface area (Å²) in [5.41, 5.74) is 1.12. The van der Waals surface area contributed by atoms with Gasteiger partial charge in [0.1, 0.15) is 18.2 Å². The molecule has 5 nitrogen and oxygen atoms in total. The summed E-state index contributed by atoms with van der Waals surface area (Å²) in [6.07, 6.45) is 1.82. The van der Waals surface area contributed by atoms with E-state index in [1.165, 1.54) is 0 Å². The van der Waals surface area contributed by atoms with Crippen LogP contribution in [0, 0.1) is 0 Å². The molecule has 1 unspecified atom stereocenters. The van der Waals surface area contributed by atoms with E-state index in [4.69, 9.17) is 14.2 Å². The van der Waals surface area contributed by atoms with Crippen molar-refractivity contribution < 1.29 is 14.2 Å². The fraction of sp³-hybridized carbons (Fsp3) is 0.400. The Balaban J connectivity index is 1.85. The molecule has 6 heteroatoms. The first-order chi connectivity index (χ1) is 10.4. The number of fused-ring (bicyclic) bond motifs is 1. The third kappa shape index (κ3) is 3.34. The summed E-state index contributed by atoms with van der Waals surface area (Å²) in [7, 11) is 1.70.